The Morgan fingerprint density at radius 2 is 1.94 bits per heavy atom. The van der Waals surface area contributed by atoms with Crippen LogP contribution in [0.2, 0.25) is 0 Å². The number of aromatic nitrogens is 3. The van der Waals surface area contributed by atoms with Crippen molar-refractivity contribution in [2.75, 3.05) is 20.3 Å². The highest BCUT2D eigenvalue weighted by Crippen LogP contribution is 2.45. The van der Waals surface area contributed by atoms with Gasteiger partial charge in [-0.3, -0.25) is 9.48 Å². The quantitative estimate of drug-likeness (QED) is 0.526. The van der Waals surface area contributed by atoms with E-state index in [-0.39, 0.29) is 17.0 Å². The molecule has 1 N–H and O–H groups in total. The zero-order valence-electron chi connectivity index (χ0n) is 20.3. The van der Waals surface area contributed by atoms with E-state index in [0.29, 0.717) is 25.3 Å². The van der Waals surface area contributed by atoms with Gasteiger partial charge in [-0.15, -0.1) is 0 Å². The molecule has 34 heavy (non-hydrogen) atoms. The number of nitrogens with zero attached hydrogens (tertiary/aromatic N) is 3. The van der Waals surface area contributed by atoms with Crippen molar-refractivity contribution in [3.63, 3.8) is 0 Å². The van der Waals surface area contributed by atoms with Gasteiger partial charge in [-0.25, -0.2) is 4.79 Å². The van der Waals surface area contributed by atoms with Gasteiger partial charge in [-0.1, -0.05) is 20.8 Å². The summed E-state index contributed by atoms with van der Waals surface area (Å²) in [5, 5.41) is 13.9. The number of aryl methyl sites for hydroxylation is 1. The van der Waals surface area contributed by atoms with Gasteiger partial charge in [0.15, 0.2) is 5.43 Å². The van der Waals surface area contributed by atoms with Crippen LogP contribution in [-0.2, 0) is 18.2 Å². The van der Waals surface area contributed by atoms with E-state index >= 15 is 0 Å². The van der Waals surface area contributed by atoms with Gasteiger partial charge in [0.2, 0.25) is 0 Å². The fourth-order valence-corrected chi connectivity index (χ4v) is 4.53. The highest BCUT2D eigenvalue weighted by molar-refractivity contribution is 5.88. The molecule has 1 unspecified atom stereocenters. The Balaban J connectivity index is 1.91. The predicted molar refractivity (Wildman–Crippen MR) is 129 cm³/mol. The molecule has 0 amide bonds. The van der Waals surface area contributed by atoms with Gasteiger partial charge in [-0.05, 0) is 29.5 Å². The number of pyridine rings is 1. The summed E-state index contributed by atoms with van der Waals surface area (Å²) in [4.78, 5) is 24.4. The maximum Gasteiger partial charge on any atom is 0.341 e. The smallest absolute Gasteiger partial charge is 0.341 e. The molecule has 180 valence electrons. The average molecular weight is 466 g/mol. The first-order valence-corrected chi connectivity index (χ1v) is 11.4. The number of fused-ring (bicyclic) bond motifs is 3. The molecule has 2 aromatic heterocycles. The summed E-state index contributed by atoms with van der Waals surface area (Å²) in [5.41, 5.74) is 3.58. The van der Waals surface area contributed by atoms with Crippen LogP contribution >= 0.6 is 0 Å². The molecular weight excluding hydrogens is 434 g/mol. The third-order valence-electron chi connectivity index (χ3n) is 6.31. The van der Waals surface area contributed by atoms with Gasteiger partial charge in [0.05, 0.1) is 18.5 Å². The summed E-state index contributed by atoms with van der Waals surface area (Å²) in [6.07, 6.45) is 6.66. The van der Waals surface area contributed by atoms with Crippen molar-refractivity contribution in [3.05, 3.63) is 58.1 Å². The molecule has 0 spiro atoms. The van der Waals surface area contributed by atoms with Gasteiger partial charge < -0.3 is 19.1 Å². The first-order valence-electron chi connectivity index (χ1n) is 11.4. The standard InChI is InChI=1S/C26H31N3O5/c1-26(2,3)24-10-16-9-23(34-8-6-7-33-5)19(17-13-27-28(4)14-17)11-18(16)21-12-22(30)20(25(31)32)15-29(21)24/h9,11-15,24H,6-8,10H2,1-5H3,(H,31,32). The lowest BCUT2D eigenvalue weighted by atomic mass is 9.78. The van der Waals surface area contributed by atoms with Crippen LogP contribution in [0, 0.1) is 5.41 Å². The van der Waals surface area contributed by atoms with Crippen molar-refractivity contribution in [1.82, 2.24) is 14.3 Å². The molecule has 3 heterocycles. The number of aromatic carboxylic acids is 1. The summed E-state index contributed by atoms with van der Waals surface area (Å²) in [5.74, 6) is -0.455. The number of hydrogen-bond acceptors (Lipinski definition) is 5. The first kappa shape index (κ1) is 23.8. The number of carbonyl (C=O) groups is 1. The maximum atomic E-state index is 12.7. The van der Waals surface area contributed by atoms with Gasteiger partial charge >= 0.3 is 5.97 Å². The van der Waals surface area contributed by atoms with Crippen LogP contribution in [0.1, 0.15) is 49.2 Å². The molecule has 0 saturated heterocycles. The first-order chi connectivity index (χ1) is 16.1. The average Bonchev–Trinajstić information content (AvgIpc) is 3.20. The second-order valence-corrected chi connectivity index (χ2v) is 9.84. The Morgan fingerprint density at radius 1 is 1.18 bits per heavy atom. The van der Waals surface area contributed by atoms with Crippen molar-refractivity contribution in [1.29, 1.82) is 0 Å². The minimum Gasteiger partial charge on any atom is -0.493 e. The second kappa shape index (κ2) is 9.10. The molecule has 8 heteroatoms. The summed E-state index contributed by atoms with van der Waals surface area (Å²) >= 11 is 0. The molecule has 3 aromatic rings. The Morgan fingerprint density at radius 3 is 2.56 bits per heavy atom. The van der Waals surface area contributed by atoms with Gasteiger partial charge in [0.1, 0.15) is 11.3 Å². The van der Waals surface area contributed by atoms with E-state index in [2.05, 4.69) is 31.9 Å². The Bertz CT molecular complexity index is 1280. The zero-order chi connectivity index (χ0) is 24.6. The SMILES string of the molecule is COCCCOc1cc2c(cc1-c1cnn(C)c1)-c1cc(=O)c(C(=O)O)cn1C(C(C)(C)C)C2. The van der Waals surface area contributed by atoms with Crippen molar-refractivity contribution in [3.8, 4) is 28.1 Å². The molecule has 0 fully saturated rings. The molecular formula is C26H31N3O5. The molecule has 8 nitrogen and oxygen atoms in total. The Kier molecular flexibility index (Phi) is 6.36. The van der Waals surface area contributed by atoms with Crippen LogP contribution in [0.15, 0.2) is 41.6 Å². The van der Waals surface area contributed by atoms with E-state index in [0.717, 1.165) is 34.4 Å². The van der Waals surface area contributed by atoms with Crippen LogP contribution in [0.4, 0.5) is 0 Å². The van der Waals surface area contributed by atoms with E-state index in [1.54, 1.807) is 18.0 Å². The lowest BCUT2D eigenvalue weighted by Gasteiger charge is -2.39. The van der Waals surface area contributed by atoms with Crippen molar-refractivity contribution in [2.45, 2.75) is 39.7 Å². The lowest BCUT2D eigenvalue weighted by molar-refractivity contribution is 0.0693. The summed E-state index contributed by atoms with van der Waals surface area (Å²) in [6, 6.07) is 5.51. The fraction of sp³-hybridized carbons (Fsp3) is 0.423. The number of carboxylic acids is 1. The molecule has 1 atom stereocenters. The summed E-state index contributed by atoms with van der Waals surface area (Å²) in [6.45, 7) is 7.49. The number of rotatable bonds is 7. The van der Waals surface area contributed by atoms with E-state index < -0.39 is 11.4 Å². The van der Waals surface area contributed by atoms with Crippen LogP contribution in [0.3, 0.4) is 0 Å². The third-order valence-corrected chi connectivity index (χ3v) is 6.31. The Labute approximate surface area is 198 Å². The van der Waals surface area contributed by atoms with Crippen LogP contribution < -0.4 is 10.2 Å². The molecule has 0 radical (unpaired) electrons. The van der Waals surface area contributed by atoms with E-state index in [1.165, 1.54) is 12.3 Å². The highest BCUT2D eigenvalue weighted by atomic mass is 16.5. The van der Waals surface area contributed by atoms with E-state index in [4.69, 9.17) is 9.47 Å². The van der Waals surface area contributed by atoms with Crippen LogP contribution in [0.25, 0.3) is 22.4 Å². The van der Waals surface area contributed by atoms with E-state index in [9.17, 15) is 14.7 Å². The van der Waals surface area contributed by atoms with Gasteiger partial charge in [0.25, 0.3) is 0 Å². The number of carboxylic acid groups (broad SMARTS) is 1. The highest BCUT2D eigenvalue weighted by Gasteiger charge is 2.34. The number of ether oxygens (including phenoxy) is 2. The van der Waals surface area contributed by atoms with Crippen molar-refractivity contribution < 1.29 is 19.4 Å². The van der Waals surface area contributed by atoms with Crippen LogP contribution in [0.5, 0.6) is 5.75 Å². The zero-order valence-corrected chi connectivity index (χ0v) is 20.3. The molecule has 1 aliphatic rings. The minimum atomic E-state index is -1.21. The largest absolute Gasteiger partial charge is 0.493 e. The monoisotopic (exact) mass is 465 g/mol. The Hall–Kier alpha value is -3.39. The third kappa shape index (κ3) is 4.50. The summed E-state index contributed by atoms with van der Waals surface area (Å²) in [7, 11) is 3.53. The maximum absolute atomic E-state index is 12.7. The molecule has 0 saturated carbocycles. The number of methoxy groups -OCH3 is 1. The number of hydrogen-bond donors (Lipinski definition) is 1. The van der Waals surface area contributed by atoms with Crippen molar-refractivity contribution >= 4 is 5.97 Å². The summed E-state index contributed by atoms with van der Waals surface area (Å²) < 4.78 is 15.0. The lowest BCUT2D eigenvalue weighted by Crippen LogP contribution is -2.32. The fourth-order valence-electron chi connectivity index (χ4n) is 4.53. The van der Waals surface area contributed by atoms with Crippen molar-refractivity contribution in [2.24, 2.45) is 12.5 Å². The van der Waals surface area contributed by atoms with Gasteiger partial charge in [-0.2, -0.15) is 5.10 Å². The molecule has 1 aromatic carbocycles. The van der Waals surface area contributed by atoms with E-state index in [1.807, 2.05) is 23.9 Å². The molecule has 4 rings (SSSR count). The normalized spacial score (nSPS) is 15.0. The second-order valence-electron chi connectivity index (χ2n) is 9.84. The molecule has 0 aliphatic carbocycles. The molecule has 0 bridgehead atoms. The topological polar surface area (TPSA) is 95.6 Å². The minimum absolute atomic E-state index is 0.0284. The predicted octanol–water partition coefficient (Wildman–Crippen LogP) is 4.17. The van der Waals surface area contributed by atoms with Crippen LogP contribution in [-0.4, -0.2) is 45.7 Å². The number of benzene rings is 1. The molecule has 1 aliphatic heterocycles. The van der Waals surface area contributed by atoms with Gasteiger partial charge in [0, 0.05) is 68.4 Å².